The van der Waals surface area contributed by atoms with E-state index in [2.05, 4.69) is 10.0 Å². The molecule has 0 bridgehead atoms. The molecular formula is C17H19ClN2O4S. The highest BCUT2D eigenvalue weighted by Gasteiger charge is 2.15. The van der Waals surface area contributed by atoms with Crippen molar-refractivity contribution in [3.63, 3.8) is 0 Å². The maximum absolute atomic E-state index is 12.2. The number of halogens is 1. The second kappa shape index (κ2) is 8.33. The quantitative estimate of drug-likeness (QED) is 0.720. The number of aryl methyl sites for hydroxylation is 1. The van der Waals surface area contributed by atoms with Gasteiger partial charge in [0.05, 0.1) is 17.6 Å². The summed E-state index contributed by atoms with van der Waals surface area (Å²) >= 11 is 5.89. The number of rotatable bonds is 7. The molecule has 0 radical (unpaired) electrons. The van der Waals surface area contributed by atoms with Crippen LogP contribution in [0.25, 0.3) is 0 Å². The summed E-state index contributed by atoms with van der Waals surface area (Å²) in [5.41, 5.74) is 1.26. The number of sulfonamides is 1. The van der Waals surface area contributed by atoms with Gasteiger partial charge in [-0.1, -0.05) is 29.3 Å². The second-order valence-electron chi connectivity index (χ2n) is 5.31. The molecule has 0 saturated heterocycles. The number of amides is 1. The SMILES string of the molecule is COc1ccc(Cl)cc1C(=O)NCCNS(=O)(=O)c1ccc(C)cc1. The van der Waals surface area contributed by atoms with Crippen LogP contribution < -0.4 is 14.8 Å². The fraction of sp³-hybridized carbons (Fsp3) is 0.235. The first-order valence-electron chi connectivity index (χ1n) is 7.51. The molecule has 25 heavy (non-hydrogen) atoms. The average Bonchev–Trinajstić information content (AvgIpc) is 2.59. The minimum Gasteiger partial charge on any atom is -0.496 e. The van der Waals surface area contributed by atoms with Crippen LogP contribution in [0.15, 0.2) is 47.4 Å². The summed E-state index contributed by atoms with van der Waals surface area (Å²) < 4.78 is 31.8. The molecule has 0 unspecified atom stereocenters. The zero-order valence-corrected chi connectivity index (χ0v) is 15.4. The zero-order valence-electron chi connectivity index (χ0n) is 13.9. The Labute approximate surface area is 152 Å². The van der Waals surface area contributed by atoms with Gasteiger partial charge in [-0.25, -0.2) is 13.1 Å². The molecule has 0 atom stereocenters. The van der Waals surface area contributed by atoms with Crippen molar-refractivity contribution in [2.75, 3.05) is 20.2 Å². The van der Waals surface area contributed by atoms with Gasteiger partial charge in [0.25, 0.3) is 5.91 Å². The van der Waals surface area contributed by atoms with Crippen LogP contribution in [-0.4, -0.2) is 34.5 Å². The van der Waals surface area contributed by atoms with E-state index in [1.165, 1.54) is 25.3 Å². The molecule has 1 amide bonds. The first kappa shape index (κ1) is 19.2. The predicted octanol–water partition coefficient (Wildman–Crippen LogP) is 2.37. The van der Waals surface area contributed by atoms with Gasteiger partial charge in [0.1, 0.15) is 5.75 Å². The highest BCUT2D eigenvalue weighted by atomic mass is 35.5. The minimum absolute atomic E-state index is 0.0603. The standard InChI is InChI=1S/C17H19ClN2O4S/c1-12-3-6-14(7-4-12)25(22,23)20-10-9-19-17(21)15-11-13(18)5-8-16(15)24-2/h3-8,11,20H,9-10H2,1-2H3,(H,19,21). The van der Waals surface area contributed by atoms with Gasteiger partial charge in [-0.05, 0) is 37.3 Å². The summed E-state index contributed by atoms with van der Waals surface area (Å²) in [4.78, 5) is 12.4. The Bertz CT molecular complexity index is 851. The lowest BCUT2D eigenvalue weighted by Gasteiger charge is -2.11. The Morgan fingerprint density at radius 2 is 1.80 bits per heavy atom. The number of hydrogen-bond donors (Lipinski definition) is 2. The van der Waals surface area contributed by atoms with Gasteiger partial charge in [0.2, 0.25) is 10.0 Å². The molecule has 2 rings (SSSR count). The van der Waals surface area contributed by atoms with Gasteiger partial charge < -0.3 is 10.1 Å². The van der Waals surface area contributed by atoms with Crippen molar-refractivity contribution in [2.45, 2.75) is 11.8 Å². The van der Waals surface area contributed by atoms with E-state index in [9.17, 15) is 13.2 Å². The third kappa shape index (κ3) is 5.19. The minimum atomic E-state index is -3.61. The van der Waals surface area contributed by atoms with Gasteiger partial charge in [-0.3, -0.25) is 4.79 Å². The summed E-state index contributed by atoms with van der Waals surface area (Å²) in [7, 11) is -2.15. The molecule has 0 aliphatic heterocycles. The maximum Gasteiger partial charge on any atom is 0.255 e. The highest BCUT2D eigenvalue weighted by Crippen LogP contribution is 2.22. The van der Waals surface area contributed by atoms with Crippen LogP contribution >= 0.6 is 11.6 Å². The molecule has 8 heteroatoms. The number of carbonyl (C=O) groups is 1. The van der Waals surface area contributed by atoms with Crippen molar-refractivity contribution in [2.24, 2.45) is 0 Å². The smallest absolute Gasteiger partial charge is 0.255 e. The zero-order chi connectivity index (χ0) is 18.4. The monoisotopic (exact) mass is 382 g/mol. The lowest BCUT2D eigenvalue weighted by molar-refractivity contribution is 0.0951. The van der Waals surface area contributed by atoms with Crippen LogP contribution in [0, 0.1) is 6.92 Å². The van der Waals surface area contributed by atoms with Gasteiger partial charge in [-0.15, -0.1) is 0 Å². The van der Waals surface area contributed by atoms with Gasteiger partial charge in [0, 0.05) is 18.1 Å². The molecular weight excluding hydrogens is 364 g/mol. The van der Waals surface area contributed by atoms with E-state index < -0.39 is 15.9 Å². The molecule has 2 aromatic rings. The lowest BCUT2D eigenvalue weighted by atomic mass is 10.2. The van der Waals surface area contributed by atoms with Crippen molar-refractivity contribution in [1.29, 1.82) is 0 Å². The number of nitrogens with one attached hydrogen (secondary N) is 2. The van der Waals surface area contributed by atoms with Crippen LogP contribution in [0.4, 0.5) is 0 Å². The molecule has 0 heterocycles. The van der Waals surface area contributed by atoms with Crippen LogP contribution in [0.3, 0.4) is 0 Å². The molecule has 2 aromatic carbocycles. The molecule has 0 aliphatic rings. The number of benzene rings is 2. The average molecular weight is 383 g/mol. The summed E-state index contributed by atoms with van der Waals surface area (Å²) in [5, 5.41) is 3.04. The first-order chi connectivity index (χ1) is 11.8. The van der Waals surface area contributed by atoms with E-state index in [1.54, 1.807) is 24.3 Å². The molecule has 2 N–H and O–H groups in total. The summed E-state index contributed by atoms with van der Waals surface area (Å²) in [5.74, 6) is -0.00369. The number of hydrogen-bond acceptors (Lipinski definition) is 4. The van der Waals surface area contributed by atoms with E-state index in [0.717, 1.165) is 5.56 Å². The van der Waals surface area contributed by atoms with Crippen molar-refractivity contribution >= 4 is 27.5 Å². The van der Waals surface area contributed by atoms with E-state index in [4.69, 9.17) is 16.3 Å². The third-order valence-corrected chi connectivity index (χ3v) is 5.15. The first-order valence-corrected chi connectivity index (χ1v) is 9.37. The topological polar surface area (TPSA) is 84.5 Å². The van der Waals surface area contributed by atoms with E-state index in [0.29, 0.717) is 10.8 Å². The molecule has 6 nitrogen and oxygen atoms in total. The molecule has 0 fully saturated rings. The fourth-order valence-electron chi connectivity index (χ4n) is 2.12. The van der Waals surface area contributed by atoms with E-state index in [-0.39, 0.29) is 23.5 Å². The van der Waals surface area contributed by atoms with Crippen molar-refractivity contribution in [1.82, 2.24) is 10.0 Å². The fourth-order valence-corrected chi connectivity index (χ4v) is 3.32. The predicted molar refractivity (Wildman–Crippen MR) is 96.7 cm³/mol. The summed E-state index contributed by atoms with van der Waals surface area (Å²) in [6.07, 6.45) is 0. The van der Waals surface area contributed by atoms with Gasteiger partial charge in [0.15, 0.2) is 0 Å². The Kier molecular flexibility index (Phi) is 6.41. The largest absolute Gasteiger partial charge is 0.496 e. The summed E-state index contributed by atoms with van der Waals surface area (Å²) in [6, 6.07) is 11.2. The third-order valence-electron chi connectivity index (χ3n) is 3.44. The second-order valence-corrected chi connectivity index (χ2v) is 7.51. The molecule has 0 aliphatic carbocycles. The number of methoxy groups -OCH3 is 1. The van der Waals surface area contributed by atoms with Crippen molar-refractivity contribution in [3.05, 3.63) is 58.6 Å². The van der Waals surface area contributed by atoms with Crippen molar-refractivity contribution < 1.29 is 17.9 Å². The Balaban J connectivity index is 1.91. The molecule has 0 spiro atoms. The van der Waals surface area contributed by atoms with Gasteiger partial charge in [-0.2, -0.15) is 0 Å². The van der Waals surface area contributed by atoms with Crippen LogP contribution in [0.2, 0.25) is 5.02 Å². The number of ether oxygens (including phenoxy) is 1. The van der Waals surface area contributed by atoms with Crippen LogP contribution in [0.1, 0.15) is 15.9 Å². The summed E-state index contributed by atoms with van der Waals surface area (Å²) in [6.45, 7) is 2.06. The molecule has 0 saturated carbocycles. The Morgan fingerprint density at radius 3 is 2.44 bits per heavy atom. The normalized spacial score (nSPS) is 11.2. The van der Waals surface area contributed by atoms with Crippen LogP contribution in [0.5, 0.6) is 5.75 Å². The number of carbonyl (C=O) groups excluding carboxylic acids is 1. The van der Waals surface area contributed by atoms with E-state index >= 15 is 0 Å². The maximum atomic E-state index is 12.2. The highest BCUT2D eigenvalue weighted by molar-refractivity contribution is 7.89. The van der Waals surface area contributed by atoms with Crippen molar-refractivity contribution in [3.8, 4) is 5.75 Å². The Hall–Kier alpha value is -2.09. The van der Waals surface area contributed by atoms with Gasteiger partial charge >= 0.3 is 0 Å². The van der Waals surface area contributed by atoms with Crippen LogP contribution in [-0.2, 0) is 10.0 Å². The Morgan fingerprint density at radius 1 is 1.12 bits per heavy atom. The lowest BCUT2D eigenvalue weighted by Crippen LogP contribution is -2.34. The molecule has 0 aromatic heterocycles. The van der Waals surface area contributed by atoms with E-state index in [1.807, 2.05) is 6.92 Å². The molecule has 134 valence electrons.